The molecule has 8 heteroatoms. The van der Waals surface area contributed by atoms with E-state index in [-0.39, 0.29) is 21.8 Å². The lowest BCUT2D eigenvalue weighted by atomic mass is 10.4. The summed E-state index contributed by atoms with van der Waals surface area (Å²) < 4.78 is 4.38. The number of halogens is 2. The number of rotatable bonds is 2. The monoisotopic (exact) mass is 233 g/mol. The minimum atomic E-state index is -0.788. The van der Waals surface area contributed by atoms with Crippen molar-refractivity contribution in [3.8, 4) is 0 Å². The lowest BCUT2D eigenvalue weighted by Crippen LogP contribution is -2.06. The van der Waals surface area contributed by atoms with Crippen LogP contribution in [0.2, 0.25) is 10.3 Å². The second-order valence-corrected chi connectivity index (χ2v) is 2.79. The Bertz CT molecular complexity index is 396. The number of hydrogen-bond acceptors (Lipinski definition) is 5. The van der Waals surface area contributed by atoms with Crippen molar-refractivity contribution in [1.29, 1.82) is 0 Å². The summed E-state index contributed by atoms with van der Waals surface area (Å²) in [5, 5.41) is 2.25. The van der Waals surface area contributed by atoms with Gasteiger partial charge in [0.05, 0.1) is 7.11 Å². The van der Waals surface area contributed by atoms with E-state index in [1.165, 1.54) is 0 Å². The highest BCUT2D eigenvalue weighted by Crippen LogP contribution is 2.27. The third-order valence-corrected chi connectivity index (χ3v) is 1.80. The predicted molar refractivity (Wildman–Crippen MR) is 48.8 cm³/mol. The minimum absolute atomic E-state index is 0.219. The third kappa shape index (κ3) is 1.97. The van der Waals surface area contributed by atoms with Crippen LogP contribution in [0.5, 0.6) is 0 Å². The molecule has 0 spiro atoms. The molecule has 0 radical (unpaired) electrons. The summed E-state index contributed by atoms with van der Waals surface area (Å²) in [7, 11) is 1.16. The molecule has 0 amide bonds. The lowest BCUT2D eigenvalue weighted by Gasteiger charge is -2.04. The van der Waals surface area contributed by atoms with Gasteiger partial charge in [-0.2, -0.15) is 4.98 Å². The van der Waals surface area contributed by atoms with Crippen LogP contribution in [0.1, 0.15) is 10.5 Å². The van der Waals surface area contributed by atoms with Crippen LogP contribution in [0.4, 0.5) is 5.82 Å². The van der Waals surface area contributed by atoms with Gasteiger partial charge < -0.3 is 15.4 Å². The van der Waals surface area contributed by atoms with Gasteiger partial charge in [-0.25, -0.2) is 9.78 Å². The number of methoxy groups -OCH3 is 1. The van der Waals surface area contributed by atoms with Gasteiger partial charge in [-0.15, -0.1) is 0 Å². The first-order chi connectivity index (χ1) is 6.60. The number of aromatic nitrogens is 2. The summed E-state index contributed by atoms with van der Waals surface area (Å²) in [6, 6.07) is 0. The van der Waals surface area contributed by atoms with Crippen LogP contribution in [0.3, 0.4) is 0 Å². The van der Waals surface area contributed by atoms with Gasteiger partial charge in [0.1, 0.15) is 5.02 Å². The summed E-state index contributed by atoms with van der Waals surface area (Å²) in [6.07, 6.45) is 0. The Labute approximate surface area is 88.7 Å². The highest BCUT2D eigenvalue weighted by molar-refractivity contribution is 6.36. The molecule has 1 aromatic rings. The zero-order valence-corrected chi connectivity index (χ0v) is 8.37. The molecule has 0 fully saturated rings. The first-order valence-electron chi connectivity index (χ1n) is 3.26. The zero-order valence-electron chi connectivity index (χ0n) is 6.86. The van der Waals surface area contributed by atoms with E-state index in [2.05, 4.69) is 19.8 Å². The number of nitrogens with zero attached hydrogens (tertiary/aromatic N) is 4. The van der Waals surface area contributed by atoms with E-state index in [0.717, 1.165) is 7.11 Å². The van der Waals surface area contributed by atoms with Gasteiger partial charge >= 0.3 is 5.97 Å². The van der Waals surface area contributed by atoms with Crippen molar-refractivity contribution < 1.29 is 9.53 Å². The highest BCUT2D eigenvalue weighted by atomic mass is 35.5. The summed E-state index contributed by atoms with van der Waals surface area (Å²) in [5.74, 6) is -1.07. The topological polar surface area (TPSA) is 86.7 Å². The standard InChI is InChI=1S/C6H3Cl2N4O2/c1-14-5(13)3-2(7)4(12-9)11-6(8)10-3/h1H3/q-1. The fraction of sp³-hybridized carbons (Fsp3) is 0.167. The molecule has 0 N–H and O–H groups in total. The minimum Gasteiger partial charge on any atom is -0.705 e. The molecule has 14 heavy (non-hydrogen) atoms. The molecular weight excluding hydrogens is 231 g/mol. The van der Waals surface area contributed by atoms with Crippen molar-refractivity contribution in [3.63, 3.8) is 0 Å². The van der Waals surface area contributed by atoms with E-state index in [1.54, 1.807) is 0 Å². The molecule has 0 bridgehead atoms. The van der Waals surface area contributed by atoms with Crippen molar-refractivity contribution in [1.82, 2.24) is 9.97 Å². The maximum atomic E-state index is 11.1. The van der Waals surface area contributed by atoms with Gasteiger partial charge in [0, 0.05) is 0 Å². The first-order valence-corrected chi connectivity index (χ1v) is 4.02. The average molecular weight is 234 g/mol. The van der Waals surface area contributed by atoms with E-state index in [9.17, 15) is 4.79 Å². The van der Waals surface area contributed by atoms with E-state index in [4.69, 9.17) is 28.7 Å². The Balaban J connectivity index is 3.36. The number of esters is 1. The van der Waals surface area contributed by atoms with E-state index < -0.39 is 5.97 Å². The maximum Gasteiger partial charge on any atom is 0.358 e. The molecule has 0 saturated heterocycles. The van der Waals surface area contributed by atoms with Crippen molar-refractivity contribution in [2.75, 3.05) is 7.11 Å². The summed E-state index contributed by atoms with van der Waals surface area (Å²) in [5.41, 5.74) is 8.21. The van der Waals surface area contributed by atoms with Gasteiger partial charge in [0.2, 0.25) is 5.28 Å². The molecule has 1 heterocycles. The largest absolute Gasteiger partial charge is 0.705 e. The highest BCUT2D eigenvalue weighted by Gasteiger charge is 2.17. The fourth-order valence-electron chi connectivity index (χ4n) is 0.707. The molecule has 0 aliphatic rings. The van der Waals surface area contributed by atoms with E-state index >= 15 is 0 Å². The van der Waals surface area contributed by atoms with Gasteiger partial charge in [-0.3, -0.25) is 0 Å². The third-order valence-electron chi connectivity index (χ3n) is 1.28. The van der Waals surface area contributed by atoms with Gasteiger partial charge in [0.25, 0.3) is 0 Å². The van der Waals surface area contributed by atoms with Crippen LogP contribution in [0, 0.1) is 0 Å². The quantitative estimate of drug-likeness (QED) is 0.445. The van der Waals surface area contributed by atoms with Crippen LogP contribution in [-0.2, 0) is 4.74 Å². The summed E-state index contributed by atoms with van der Waals surface area (Å²) in [6.45, 7) is 0. The van der Waals surface area contributed by atoms with Crippen LogP contribution in [0.15, 0.2) is 5.11 Å². The van der Waals surface area contributed by atoms with Crippen LogP contribution in [0.25, 0.3) is 5.53 Å². The molecule has 0 atom stereocenters. The van der Waals surface area contributed by atoms with Crippen LogP contribution >= 0.6 is 23.2 Å². The molecule has 0 saturated carbocycles. The Morgan fingerprint density at radius 3 is 2.64 bits per heavy atom. The normalized spacial score (nSPS) is 9.64. The Kier molecular flexibility index (Phi) is 3.32. The molecule has 0 aliphatic heterocycles. The second kappa shape index (κ2) is 4.30. The van der Waals surface area contributed by atoms with Gasteiger partial charge in [-0.1, -0.05) is 11.6 Å². The van der Waals surface area contributed by atoms with Crippen LogP contribution in [-0.4, -0.2) is 23.0 Å². The Morgan fingerprint density at radius 1 is 1.50 bits per heavy atom. The molecule has 74 valence electrons. The first kappa shape index (κ1) is 10.8. The van der Waals surface area contributed by atoms with E-state index in [1.807, 2.05) is 0 Å². The van der Waals surface area contributed by atoms with Gasteiger partial charge in [0.15, 0.2) is 11.5 Å². The molecule has 0 unspecified atom stereocenters. The van der Waals surface area contributed by atoms with Crippen molar-refractivity contribution >= 4 is 35.0 Å². The fourth-order valence-corrected chi connectivity index (χ4v) is 1.07. The Morgan fingerprint density at radius 2 is 2.14 bits per heavy atom. The van der Waals surface area contributed by atoms with Crippen molar-refractivity contribution in [2.24, 2.45) is 5.11 Å². The molecule has 1 aromatic heterocycles. The summed E-state index contributed by atoms with van der Waals surface area (Å²) >= 11 is 11.1. The summed E-state index contributed by atoms with van der Waals surface area (Å²) in [4.78, 5) is 18.1. The van der Waals surface area contributed by atoms with E-state index in [0.29, 0.717) is 0 Å². The molecule has 0 aromatic carbocycles. The molecule has 0 aliphatic carbocycles. The smallest absolute Gasteiger partial charge is 0.358 e. The lowest BCUT2D eigenvalue weighted by molar-refractivity contribution is 0.0594. The molecule has 6 nitrogen and oxygen atoms in total. The number of carbonyl (C=O) groups is 1. The molecule has 1 rings (SSSR count). The SMILES string of the molecule is COC(=O)c1nc(Cl)nc(N=[N-])c1Cl. The number of ether oxygens (including phenoxy) is 1. The number of carbonyl (C=O) groups excluding carboxylic acids is 1. The second-order valence-electron chi connectivity index (χ2n) is 2.07. The number of hydrogen-bond donors (Lipinski definition) is 0. The molecular formula is C6H3Cl2N4O2-. The average Bonchev–Trinajstić information content (AvgIpc) is 2.19. The van der Waals surface area contributed by atoms with Crippen LogP contribution < -0.4 is 0 Å². The Hall–Kier alpha value is -1.27. The maximum absolute atomic E-state index is 11.1. The van der Waals surface area contributed by atoms with Crippen molar-refractivity contribution in [3.05, 3.63) is 21.5 Å². The van der Waals surface area contributed by atoms with Crippen molar-refractivity contribution in [2.45, 2.75) is 0 Å². The van der Waals surface area contributed by atoms with Gasteiger partial charge in [-0.05, 0) is 11.6 Å². The zero-order chi connectivity index (χ0) is 10.7. The predicted octanol–water partition coefficient (Wildman–Crippen LogP) is 2.22.